The van der Waals surface area contributed by atoms with Gasteiger partial charge in [0.2, 0.25) is 0 Å². The van der Waals surface area contributed by atoms with Crippen LogP contribution in [0.4, 0.5) is 11.4 Å². The summed E-state index contributed by atoms with van der Waals surface area (Å²) >= 11 is 5.96. The fourth-order valence-electron chi connectivity index (χ4n) is 3.58. The second-order valence-corrected chi connectivity index (χ2v) is 7.30. The Morgan fingerprint density at radius 1 is 0.968 bits per heavy atom. The van der Waals surface area contributed by atoms with Crippen molar-refractivity contribution < 1.29 is 19.6 Å². The minimum atomic E-state index is -1.05. The molecule has 3 aromatic rings. The van der Waals surface area contributed by atoms with Gasteiger partial charge in [0.25, 0.3) is 17.4 Å². The van der Waals surface area contributed by atoms with Gasteiger partial charge in [-0.25, -0.2) is 0 Å². The van der Waals surface area contributed by atoms with Gasteiger partial charge in [-0.15, -0.1) is 0 Å². The molecular weight excluding hydrogens is 420 g/mol. The number of carbonyl (C=O) groups is 2. The monoisotopic (exact) mass is 434 g/mol. The summed E-state index contributed by atoms with van der Waals surface area (Å²) in [6.45, 7) is 0. The van der Waals surface area contributed by atoms with E-state index in [4.69, 9.17) is 11.6 Å². The standard InChI is InChI=1S/C23H15ClN2O5/c24-16-9-11-17(12-10-16)25-20(15-7-4-8-18(13-15)26(30)31)19(22(28)23(25)29)21(27)14-5-2-1-3-6-14/h1-13,20,27H/b21-19+. The molecule has 1 unspecified atom stereocenters. The van der Waals surface area contributed by atoms with E-state index in [2.05, 4.69) is 0 Å². The molecule has 1 saturated heterocycles. The third kappa shape index (κ3) is 3.67. The number of aliphatic hydroxyl groups excluding tert-OH is 1. The van der Waals surface area contributed by atoms with Crippen molar-refractivity contribution in [3.8, 4) is 0 Å². The summed E-state index contributed by atoms with van der Waals surface area (Å²) < 4.78 is 0. The lowest BCUT2D eigenvalue weighted by atomic mass is 9.95. The molecule has 31 heavy (non-hydrogen) atoms. The molecule has 3 aromatic carbocycles. The molecule has 1 fully saturated rings. The summed E-state index contributed by atoms with van der Waals surface area (Å²) in [5, 5.41) is 22.7. The van der Waals surface area contributed by atoms with E-state index >= 15 is 0 Å². The minimum Gasteiger partial charge on any atom is -0.507 e. The highest BCUT2D eigenvalue weighted by Crippen LogP contribution is 2.42. The molecule has 1 N–H and O–H groups in total. The number of halogens is 1. The van der Waals surface area contributed by atoms with Crippen molar-refractivity contribution in [2.24, 2.45) is 0 Å². The van der Waals surface area contributed by atoms with Gasteiger partial charge in [0.05, 0.1) is 16.5 Å². The molecule has 0 aliphatic carbocycles. The van der Waals surface area contributed by atoms with Crippen LogP contribution >= 0.6 is 11.6 Å². The molecule has 0 radical (unpaired) electrons. The van der Waals surface area contributed by atoms with E-state index in [1.54, 1.807) is 60.7 Å². The fourth-order valence-corrected chi connectivity index (χ4v) is 3.70. The number of hydrogen-bond donors (Lipinski definition) is 1. The molecule has 154 valence electrons. The highest BCUT2D eigenvalue weighted by Gasteiger charge is 2.47. The molecule has 0 saturated carbocycles. The normalized spacial score (nSPS) is 17.7. The lowest BCUT2D eigenvalue weighted by Gasteiger charge is -2.25. The second kappa shape index (κ2) is 8.04. The summed E-state index contributed by atoms with van der Waals surface area (Å²) in [5.74, 6) is -2.09. The van der Waals surface area contributed by atoms with Crippen molar-refractivity contribution in [3.05, 3.63) is 111 Å². The maximum absolute atomic E-state index is 13.0. The molecule has 1 aliphatic heterocycles. The van der Waals surface area contributed by atoms with Crippen LogP contribution in [0.25, 0.3) is 5.76 Å². The zero-order chi connectivity index (χ0) is 22.1. The topological polar surface area (TPSA) is 101 Å². The van der Waals surface area contributed by atoms with Crippen LogP contribution in [0.15, 0.2) is 84.4 Å². The highest BCUT2D eigenvalue weighted by atomic mass is 35.5. The van der Waals surface area contributed by atoms with Gasteiger partial charge in [-0.2, -0.15) is 0 Å². The van der Waals surface area contributed by atoms with Gasteiger partial charge in [0.1, 0.15) is 5.76 Å². The Balaban J connectivity index is 1.97. The maximum Gasteiger partial charge on any atom is 0.300 e. The van der Waals surface area contributed by atoms with Gasteiger partial charge in [0, 0.05) is 28.4 Å². The number of carbonyl (C=O) groups excluding carboxylic acids is 2. The zero-order valence-electron chi connectivity index (χ0n) is 15.9. The number of rotatable bonds is 4. The lowest BCUT2D eigenvalue weighted by Crippen LogP contribution is -2.29. The van der Waals surface area contributed by atoms with Gasteiger partial charge in [-0.1, -0.05) is 54.1 Å². The Kier molecular flexibility index (Phi) is 5.27. The Bertz CT molecular complexity index is 1220. The molecule has 1 amide bonds. The number of nitrogens with zero attached hydrogens (tertiary/aromatic N) is 2. The first-order chi connectivity index (χ1) is 14.9. The summed E-state index contributed by atoms with van der Waals surface area (Å²) in [5.41, 5.74) is 0.702. The Morgan fingerprint density at radius 3 is 2.29 bits per heavy atom. The quantitative estimate of drug-likeness (QED) is 0.207. The number of anilines is 1. The van der Waals surface area contributed by atoms with Crippen LogP contribution in [0.1, 0.15) is 17.2 Å². The molecule has 7 nitrogen and oxygen atoms in total. The van der Waals surface area contributed by atoms with Crippen molar-refractivity contribution >= 4 is 40.4 Å². The van der Waals surface area contributed by atoms with Gasteiger partial charge in [0.15, 0.2) is 0 Å². The van der Waals surface area contributed by atoms with Crippen LogP contribution < -0.4 is 4.90 Å². The number of nitro benzene ring substituents is 1. The molecular formula is C23H15ClN2O5. The first kappa shape index (κ1) is 20.3. The maximum atomic E-state index is 13.0. The number of hydrogen-bond acceptors (Lipinski definition) is 5. The predicted molar refractivity (Wildman–Crippen MR) is 116 cm³/mol. The van der Waals surface area contributed by atoms with Crippen LogP contribution in [0.5, 0.6) is 0 Å². The molecule has 0 spiro atoms. The number of amides is 1. The summed E-state index contributed by atoms with van der Waals surface area (Å²) in [6, 6.07) is 19.2. The minimum absolute atomic E-state index is 0.147. The first-order valence-electron chi connectivity index (χ1n) is 9.25. The number of benzene rings is 3. The third-order valence-corrected chi connectivity index (χ3v) is 5.25. The predicted octanol–water partition coefficient (Wildman–Crippen LogP) is 4.87. The third-order valence-electron chi connectivity index (χ3n) is 4.99. The van der Waals surface area contributed by atoms with Crippen molar-refractivity contribution in [2.75, 3.05) is 4.90 Å². The number of ketones is 1. The fraction of sp³-hybridized carbons (Fsp3) is 0.0435. The van der Waals surface area contributed by atoms with Crippen molar-refractivity contribution in [1.29, 1.82) is 0 Å². The van der Waals surface area contributed by atoms with E-state index in [1.807, 2.05) is 0 Å². The van der Waals surface area contributed by atoms with E-state index in [0.29, 0.717) is 21.8 Å². The number of non-ortho nitro benzene ring substituents is 1. The molecule has 0 bridgehead atoms. The SMILES string of the molecule is O=C1C(=O)N(c2ccc(Cl)cc2)C(c2cccc([N+](=O)[O-])c2)/C1=C(\O)c1ccccc1. The molecule has 0 aromatic heterocycles. The smallest absolute Gasteiger partial charge is 0.300 e. The zero-order valence-corrected chi connectivity index (χ0v) is 16.7. The van der Waals surface area contributed by atoms with E-state index in [0.717, 1.165) is 0 Å². The Labute approximate surface area is 182 Å². The van der Waals surface area contributed by atoms with Crippen LogP contribution in [0.2, 0.25) is 5.02 Å². The summed E-state index contributed by atoms with van der Waals surface area (Å²) in [7, 11) is 0. The van der Waals surface area contributed by atoms with Gasteiger partial charge < -0.3 is 5.11 Å². The summed E-state index contributed by atoms with van der Waals surface area (Å²) in [4.78, 5) is 38.0. The average Bonchev–Trinajstić information content (AvgIpc) is 3.05. The number of aliphatic hydroxyl groups is 1. The second-order valence-electron chi connectivity index (χ2n) is 6.86. The molecule has 8 heteroatoms. The average molecular weight is 435 g/mol. The lowest BCUT2D eigenvalue weighted by molar-refractivity contribution is -0.384. The van der Waals surface area contributed by atoms with Crippen molar-refractivity contribution in [1.82, 2.24) is 0 Å². The van der Waals surface area contributed by atoms with Gasteiger partial charge in [-0.3, -0.25) is 24.6 Å². The molecule has 1 aliphatic rings. The van der Waals surface area contributed by atoms with E-state index in [1.165, 1.54) is 23.1 Å². The molecule has 1 heterocycles. The van der Waals surface area contributed by atoms with E-state index in [9.17, 15) is 24.8 Å². The van der Waals surface area contributed by atoms with Crippen LogP contribution in [0, 0.1) is 10.1 Å². The van der Waals surface area contributed by atoms with Gasteiger partial charge >= 0.3 is 0 Å². The Morgan fingerprint density at radius 2 is 1.65 bits per heavy atom. The highest BCUT2D eigenvalue weighted by molar-refractivity contribution is 6.51. The summed E-state index contributed by atoms with van der Waals surface area (Å²) in [6.07, 6.45) is 0. The van der Waals surface area contributed by atoms with Gasteiger partial charge in [-0.05, 0) is 29.8 Å². The largest absolute Gasteiger partial charge is 0.507 e. The first-order valence-corrected chi connectivity index (χ1v) is 9.62. The molecule has 4 rings (SSSR count). The molecule has 1 atom stereocenters. The van der Waals surface area contributed by atoms with Crippen LogP contribution in [-0.2, 0) is 9.59 Å². The van der Waals surface area contributed by atoms with Crippen LogP contribution in [-0.4, -0.2) is 21.7 Å². The van der Waals surface area contributed by atoms with Crippen LogP contribution in [0.3, 0.4) is 0 Å². The Hall–Kier alpha value is -3.97. The van der Waals surface area contributed by atoms with E-state index < -0.39 is 22.7 Å². The van der Waals surface area contributed by atoms with Crippen molar-refractivity contribution in [3.63, 3.8) is 0 Å². The van der Waals surface area contributed by atoms with E-state index in [-0.39, 0.29) is 17.0 Å². The number of Topliss-reactive ketones (excluding diaryl/α,β-unsaturated/α-hetero) is 1. The van der Waals surface area contributed by atoms with Crippen molar-refractivity contribution in [2.45, 2.75) is 6.04 Å². The number of nitro groups is 1.